The molecule has 1 heterocycles. The molecule has 1 aromatic heterocycles. The first-order chi connectivity index (χ1) is 13.3. The molecule has 5 heteroatoms. The molecular formula is C22H22N2O2S. The molecule has 0 bridgehead atoms. The molecule has 1 aliphatic rings. The van der Waals surface area contributed by atoms with Crippen molar-refractivity contribution in [2.24, 2.45) is 5.92 Å². The van der Waals surface area contributed by atoms with Crippen LogP contribution in [0, 0.1) is 5.92 Å². The van der Waals surface area contributed by atoms with E-state index < -0.39 is 0 Å². The van der Waals surface area contributed by atoms with E-state index >= 15 is 0 Å². The Morgan fingerprint density at radius 2 is 1.78 bits per heavy atom. The molecule has 4 nitrogen and oxygen atoms in total. The molecule has 1 N–H and O–H groups in total. The van der Waals surface area contributed by atoms with E-state index in [1.54, 1.807) is 0 Å². The van der Waals surface area contributed by atoms with Gasteiger partial charge in [-0.3, -0.25) is 10.1 Å². The predicted octanol–water partition coefficient (Wildman–Crippen LogP) is 4.77. The van der Waals surface area contributed by atoms with Crippen molar-refractivity contribution in [2.45, 2.75) is 19.3 Å². The Balaban J connectivity index is 1.50. The molecule has 1 amide bonds. The van der Waals surface area contributed by atoms with Crippen molar-refractivity contribution < 1.29 is 9.53 Å². The summed E-state index contributed by atoms with van der Waals surface area (Å²) in [6, 6.07) is 20.5. The van der Waals surface area contributed by atoms with E-state index in [0.717, 1.165) is 22.6 Å². The van der Waals surface area contributed by atoms with Gasteiger partial charge < -0.3 is 4.74 Å². The monoisotopic (exact) mass is 378 g/mol. The summed E-state index contributed by atoms with van der Waals surface area (Å²) in [4.78, 5) is 18.0. The molecular weight excluding hydrogens is 356 g/mol. The first kappa shape index (κ1) is 17.9. The Bertz CT molecular complexity index is 889. The summed E-state index contributed by atoms with van der Waals surface area (Å²) in [5.74, 6) is 0.509. The number of anilines is 1. The van der Waals surface area contributed by atoms with Crippen LogP contribution in [0.4, 0.5) is 5.13 Å². The summed E-state index contributed by atoms with van der Waals surface area (Å²) < 4.78 is 5.47. The number of benzene rings is 2. The van der Waals surface area contributed by atoms with Crippen LogP contribution < -0.4 is 5.32 Å². The van der Waals surface area contributed by atoms with Gasteiger partial charge in [0.05, 0.1) is 17.2 Å². The summed E-state index contributed by atoms with van der Waals surface area (Å²) in [7, 11) is 0. The van der Waals surface area contributed by atoms with Crippen molar-refractivity contribution in [3.63, 3.8) is 0 Å². The number of nitrogens with zero attached hydrogens (tertiary/aromatic N) is 1. The fourth-order valence-corrected chi connectivity index (χ4v) is 3.89. The zero-order valence-corrected chi connectivity index (χ0v) is 15.9. The van der Waals surface area contributed by atoms with Crippen molar-refractivity contribution in [1.29, 1.82) is 0 Å². The van der Waals surface area contributed by atoms with E-state index in [-0.39, 0.29) is 12.5 Å². The predicted molar refractivity (Wildman–Crippen MR) is 109 cm³/mol. The number of thiazole rings is 1. The third-order valence-electron chi connectivity index (χ3n) is 4.48. The molecule has 27 heavy (non-hydrogen) atoms. The second-order valence-electron chi connectivity index (χ2n) is 6.83. The quantitative estimate of drug-likeness (QED) is 0.614. The SMILES string of the molecule is O=C(COCC1CC1)Nc1nc(Cc2ccccc2)c(-c2ccccc2)s1. The maximum Gasteiger partial charge on any atom is 0.252 e. The van der Waals surface area contributed by atoms with Crippen LogP contribution in [-0.4, -0.2) is 24.1 Å². The van der Waals surface area contributed by atoms with Crippen molar-refractivity contribution in [1.82, 2.24) is 4.98 Å². The Labute approximate surface area is 163 Å². The highest BCUT2D eigenvalue weighted by molar-refractivity contribution is 7.19. The van der Waals surface area contributed by atoms with Gasteiger partial charge in [-0.1, -0.05) is 72.0 Å². The highest BCUT2D eigenvalue weighted by Crippen LogP contribution is 2.34. The van der Waals surface area contributed by atoms with Crippen molar-refractivity contribution in [2.75, 3.05) is 18.5 Å². The zero-order chi connectivity index (χ0) is 18.5. The Hall–Kier alpha value is -2.50. The van der Waals surface area contributed by atoms with Gasteiger partial charge in [0.15, 0.2) is 5.13 Å². The lowest BCUT2D eigenvalue weighted by Gasteiger charge is -2.03. The molecule has 1 aliphatic carbocycles. The second kappa shape index (κ2) is 8.46. The standard InChI is InChI=1S/C22H22N2O2S/c25-20(15-26-14-17-11-12-17)24-22-23-19(13-16-7-3-1-4-8-16)21(27-22)18-9-5-2-6-10-18/h1-10,17H,11-15H2,(H,23,24,25). The number of aromatic nitrogens is 1. The van der Waals surface area contributed by atoms with Crippen LogP contribution in [0.1, 0.15) is 24.1 Å². The number of amides is 1. The van der Waals surface area contributed by atoms with E-state index in [0.29, 0.717) is 17.7 Å². The zero-order valence-electron chi connectivity index (χ0n) is 15.1. The first-order valence-electron chi connectivity index (χ1n) is 9.24. The molecule has 0 saturated heterocycles. The van der Waals surface area contributed by atoms with Crippen LogP contribution >= 0.6 is 11.3 Å². The minimum absolute atomic E-state index is 0.0881. The van der Waals surface area contributed by atoms with E-state index in [1.807, 2.05) is 36.4 Å². The molecule has 0 atom stereocenters. The van der Waals surface area contributed by atoms with Crippen LogP contribution in [0.25, 0.3) is 10.4 Å². The number of hydrogen-bond acceptors (Lipinski definition) is 4. The molecule has 0 radical (unpaired) electrons. The smallest absolute Gasteiger partial charge is 0.252 e. The highest BCUT2D eigenvalue weighted by Gasteiger charge is 2.22. The fraction of sp³-hybridized carbons (Fsp3) is 0.273. The highest BCUT2D eigenvalue weighted by atomic mass is 32.1. The second-order valence-corrected chi connectivity index (χ2v) is 7.83. The molecule has 1 saturated carbocycles. The molecule has 1 fully saturated rings. The summed E-state index contributed by atoms with van der Waals surface area (Å²) in [6.45, 7) is 0.768. The van der Waals surface area contributed by atoms with Crippen LogP contribution in [0.3, 0.4) is 0 Å². The lowest BCUT2D eigenvalue weighted by molar-refractivity contribution is -0.120. The molecule has 2 aromatic carbocycles. The van der Waals surface area contributed by atoms with Crippen LogP contribution in [0.15, 0.2) is 60.7 Å². The number of nitrogens with one attached hydrogen (secondary N) is 1. The normalized spacial score (nSPS) is 13.5. The molecule has 138 valence electrons. The third-order valence-corrected chi connectivity index (χ3v) is 5.54. The van der Waals surface area contributed by atoms with E-state index in [4.69, 9.17) is 9.72 Å². The molecule has 0 spiro atoms. The summed E-state index contributed by atoms with van der Waals surface area (Å²) in [6.07, 6.45) is 3.17. The van der Waals surface area contributed by atoms with Crippen molar-refractivity contribution >= 4 is 22.4 Å². The Morgan fingerprint density at radius 1 is 1.07 bits per heavy atom. The lowest BCUT2D eigenvalue weighted by Crippen LogP contribution is -2.18. The van der Waals surface area contributed by atoms with Gasteiger partial charge in [0.1, 0.15) is 6.61 Å². The number of ether oxygens (including phenoxy) is 1. The summed E-state index contributed by atoms with van der Waals surface area (Å²) in [5, 5.41) is 3.52. The summed E-state index contributed by atoms with van der Waals surface area (Å²) in [5.41, 5.74) is 3.30. The average molecular weight is 378 g/mol. The maximum atomic E-state index is 12.2. The van der Waals surface area contributed by atoms with Gasteiger partial charge in [-0.15, -0.1) is 0 Å². The van der Waals surface area contributed by atoms with Gasteiger partial charge in [0.2, 0.25) is 0 Å². The number of hydrogen-bond donors (Lipinski definition) is 1. The molecule has 4 rings (SSSR count). The van der Waals surface area contributed by atoms with Crippen LogP contribution in [0.2, 0.25) is 0 Å². The van der Waals surface area contributed by atoms with Gasteiger partial charge in [-0.25, -0.2) is 4.98 Å². The van der Waals surface area contributed by atoms with Crippen LogP contribution in [-0.2, 0) is 16.0 Å². The number of carbonyl (C=O) groups is 1. The van der Waals surface area contributed by atoms with Gasteiger partial charge in [-0.05, 0) is 29.9 Å². The topological polar surface area (TPSA) is 51.2 Å². The van der Waals surface area contributed by atoms with Gasteiger partial charge in [-0.2, -0.15) is 0 Å². The van der Waals surface area contributed by atoms with Gasteiger partial charge in [0, 0.05) is 6.42 Å². The van der Waals surface area contributed by atoms with E-state index in [2.05, 4.69) is 29.6 Å². The number of rotatable bonds is 8. The van der Waals surface area contributed by atoms with E-state index in [9.17, 15) is 4.79 Å². The fourth-order valence-electron chi connectivity index (χ4n) is 2.89. The Morgan fingerprint density at radius 3 is 2.48 bits per heavy atom. The maximum absolute atomic E-state index is 12.2. The molecule has 0 aliphatic heterocycles. The lowest BCUT2D eigenvalue weighted by atomic mass is 10.1. The molecule has 3 aromatic rings. The van der Waals surface area contributed by atoms with Gasteiger partial charge >= 0.3 is 0 Å². The van der Waals surface area contributed by atoms with E-state index in [1.165, 1.54) is 29.7 Å². The minimum atomic E-state index is -0.143. The van der Waals surface area contributed by atoms with Gasteiger partial charge in [0.25, 0.3) is 5.91 Å². The minimum Gasteiger partial charge on any atom is -0.371 e. The van der Waals surface area contributed by atoms with Crippen molar-refractivity contribution in [3.8, 4) is 10.4 Å². The van der Waals surface area contributed by atoms with Crippen LogP contribution in [0.5, 0.6) is 0 Å². The molecule has 0 unspecified atom stereocenters. The largest absolute Gasteiger partial charge is 0.371 e. The Kier molecular flexibility index (Phi) is 5.61. The number of carbonyl (C=O) groups excluding carboxylic acids is 1. The summed E-state index contributed by atoms with van der Waals surface area (Å²) >= 11 is 1.51. The average Bonchev–Trinajstić information content (AvgIpc) is 3.43. The third kappa shape index (κ3) is 5.02. The first-order valence-corrected chi connectivity index (χ1v) is 10.1. The van der Waals surface area contributed by atoms with Crippen molar-refractivity contribution in [3.05, 3.63) is 71.9 Å².